The van der Waals surface area contributed by atoms with Gasteiger partial charge in [0, 0.05) is 5.56 Å². The molecule has 3 N–H and O–H groups in total. The molecule has 28 heavy (non-hydrogen) atoms. The number of nitrogen functional groups attached to an aromatic ring is 1. The molecule has 1 aromatic heterocycles. The first-order valence-corrected chi connectivity index (χ1v) is 9.40. The Bertz CT molecular complexity index is 1060. The molecule has 4 nitrogen and oxygen atoms in total. The lowest BCUT2D eigenvalue weighted by atomic mass is 9.75. The van der Waals surface area contributed by atoms with Gasteiger partial charge in [0.2, 0.25) is 0 Å². The van der Waals surface area contributed by atoms with E-state index in [0.717, 1.165) is 33.6 Å². The first kappa shape index (κ1) is 18.0. The summed E-state index contributed by atoms with van der Waals surface area (Å²) >= 11 is 0. The monoisotopic (exact) mass is 370 g/mol. The van der Waals surface area contributed by atoms with Crippen LogP contribution in [0.2, 0.25) is 0 Å². The molecule has 0 aliphatic heterocycles. The van der Waals surface area contributed by atoms with Crippen LogP contribution < -0.4 is 5.73 Å². The smallest absolute Gasteiger partial charge is 0.313 e. The maximum atomic E-state index is 11.7. The Morgan fingerprint density at radius 3 is 2.36 bits per heavy atom. The Morgan fingerprint density at radius 1 is 1.07 bits per heavy atom. The summed E-state index contributed by atoms with van der Waals surface area (Å²) in [6, 6.07) is 20.2. The third-order valence-electron chi connectivity index (χ3n) is 5.55. The second-order valence-electron chi connectivity index (χ2n) is 7.24. The van der Waals surface area contributed by atoms with Crippen LogP contribution in [-0.2, 0) is 11.2 Å². The van der Waals surface area contributed by atoms with Crippen LogP contribution in [0.4, 0.5) is 5.69 Å². The Kier molecular flexibility index (Phi) is 4.47. The minimum Gasteiger partial charge on any atom is -0.481 e. The number of carboxylic acid groups (broad SMARTS) is 1. The summed E-state index contributed by atoms with van der Waals surface area (Å²) < 4.78 is 0. The molecule has 0 radical (unpaired) electrons. The Labute approximate surface area is 164 Å². The number of nitrogens with zero attached hydrogens (tertiary/aromatic N) is 1. The maximum absolute atomic E-state index is 11.7. The summed E-state index contributed by atoms with van der Waals surface area (Å²) in [5.74, 6) is -0.809. The van der Waals surface area contributed by atoms with Crippen LogP contribution >= 0.6 is 0 Å². The highest BCUT2D eigenvalue weighted by molar-refractivity contribution is 5.83. The zero-order chi connectivity index (χ0) is 19.7. The Hall–Kier alpha value is -3.40. The summed E-state index contributed by atoms with van der Waals surface area (Å²) in [5.41, 5.74) is 11.6. The van der Waals surface area contributed by atoms with E-state index in [4.69, 9.17) is 10.7 Å². The van der Waals surface area contributed by atoms with E-state index in [1.165, 1.54) is 0 Å². The van der Waals surface area contributed by atoms with Crippen molar-refractivity contribution in [2.75, 3.05) is 5.73 Å². The van der Waals surface area contributed by atoms with Gasteiger partial charge in [0.1, 0.15) is 0 Å². The first-order chi connectivity index (χ1) is 13.5. The van der Waals surface area contributed by atoms with Crippen molar-refractivity contribution >= 4 is 17.7 Å². The van der Waals surface area contributed by atoms with Crippen LogP contribution in [0, 0.1) is 5.41 Å². The minimum absolute atomic E-state index is 0.412. The quantitative estimate of drug-likeness (QED) is 0.674. The molecule has 0 amide bonds. The lowest BCUT2D eigenvalue weighted by Gasteiger charge is -2.29. The van der Waals surface area contributed by atoms with Crippen LogP contribution in [0.1, 0.15) is 24.6 Å². The van der Waals surface area contributed by atoms with Crippen LogP contribution in [0.5, 0.6) is 0 Å². The van der Waals surface area contributed by atoms with Gasteiger partial charge in [-0.1, -0.05) is 67.6 Å². The van der Waals surface area contributed by atoms with Gasteiger partial charge >= 0.3 is 5.97 Å². The van der Waals surface area contributed by atoms with E-state index in [-0.39, 0.29) is 0 Å². The van der Waals surface area contributed by atoms with Gasteiger partial charge in [0.15, 0.2) is 0 Å². The fraction of sp³-hybridized carbons (Fsp3) is 0.167. The van der Waals surface area contributed by atoms with Gasteiger partial charge < -0.3 is 10.8 Å². The molecule has 1 heterocycles. The number of carboxylic acids is 1. The number of anilines is 1. The van der Waals surface area contributed by atoms with Gasteiger partial charge in [0.25, 0.3) is 0 Å². The second kappa shape index (κ2) is 6.97. The normalized spacial score (nSPS) is 17.9. The number of nitrogens with two attached hydrogens (primary N) is 1. The molecule has 1 aliphatic rings. The van der Waals surface area contributed by atoms with Gasteiger partial charge in [-0.2, -0.15) is 0 Å². The second-order valence-corrected chi connectivity index (χ2v) is 7.24. The largest absolute Gasteiger partial charge is 0.481 e. The topological polar surface area (TPSA) is 76.2 Å². The highest BCUT2D eigenvalue weighted by atomic mass is 16.4. The average Bonchev–Trinajstić information content (AvgIpc) is 2.73. The zero-order valence-corrected chi connectivity index (χ0v) is 15.7. The van der Waals surface area contributed by atoms with Crippen molar-refractivity contribution in [3.8, 4) is 22.4 Å². The van der Waals surface area contributed by atoms with Crippen LogP contribution in [0.3, 0.4) is 0 Å². The predicted molar refractivity (Wildman–Crippen MR) is 113 cm³/mol. The summed E-state index contributed by atoms with van der Waals surface area (Å²) in [5, 5.41) is 9.63. The number of fused-ring (bicyclic) bond motifs is 1. The van der Waals surface area contributed by atoms with Gasteiger partial charge in [-0.3, -0.25) is 4.79 Å². The Balaban J connectivity index is 1.69. The minimum atomic E-state index is -0.875. The summed E-state index contributed by atoms with van der Waals surface area (Å²) in [4.78, 5) is 16.5. The van der Waals surface area contributed by atoms with E-state index in [9.17, 15) is 9.90 Å². The van der Waals surface area contributed by atoms with E-state index in [0.29, 0.717) is 18.5 Å². The average molecular weight is 370 g/mol. The van der Waals surface area contributed by atoms with E-state index >= 15 is 0 Å². The third kappa shape index (κ3) is 3.07. The first-order valence-electron chi connectivity index (χ1n) is 9.40. The molecule has 2 aromatic carbocycles. The van der Waals surface area contributed by atoms with Gasteiger partial charge in [0.05, 0.1) is 22.5 Å². The Morgan fingerprint density at radius 2 is 1.71 bits per heavy atom. The predicted octanol–water partition coefficient (Wildman–Crippen LogP) is 5.05. The molecule has 0 fully saturated rings. The van der Waals surface area contributed by atoms with E-state index in [2.05, 4.69) is 24.3 Å². The van der Waals surface area contributed by atoms with E-state index in [1.54, 1.807) is 6.08 Å². The molecule has 140 valence electrons. The number of rotatable bonds is 4. The third-order valence-corrected chi connectivity index (χ3v) is 5.55. The molecular weight excluding hydrogens is 348 g/mol. The molecule has 1 atom stereocenters. The fourth-order valence-corrected chi connectivity index (χ4v) is 3.73. The molecule has 0 saturated carbocycles. The van der Waals surface area contributed by atoms with Crippen molar-refractivity contribution in [1.29, 1.82) is 0 Å². The van der Waals surface area contributed by atoms with Crippen LogP contribution in [0.25, 0.3) is 28.5 Å². The number of aliphatic carboxylic acids is 1. The maximum Gasteiger partial charge on any atom is 0.313 e. The van der Waals surface area contributed by atoms with Crippen molar-refractivity contribution in [3.05, 3.63) is 78.0 Å². The molecule has 3 aromatic rings. The molecule has 1 unspecified atom stereocenters. The molecule has 4 rings (SSSR count). The van der Waals surface area contributed by atoms with Crippen molar-refractivity contribution in [2.45, 2.75) is 19.8 Å². The number of hydrogen-bond acceptors (Lipinski definition) is 3. The van der Waals surface area contributed by atoms with Gasteiger partial charge in [-0.05, 0) is 41.7 Å². The lowest BCUT2D eigenvalue weighted by molar-refractivity contribution is -0.146. The van der Waals surface area contributed by atoms with Crippen molar-refractivity contribution in [3.63, 3.8) is 0 Å². The highest BCUT2D eigenvalue weighted by Gasteiger charge is 2.37. The van der Waals surface area contributed by atoms with Crippen molar-refractivity contribution in [2.24, 2.45) is 5.41 Å². The fourth-order valence-electron chi connectivity index (χ4n) is 3.73. The van der Waals surface area contributed by atoms with Crippen LogP contribution in [0.15, 0.2) is 66.7 Å². The van der Waals surface area contributed by atoms with Crippen molar-refractivity contribution < 1.29 is 9.90 Å². The van der Waals surface area contributed by atoms with Crippen molar-refractivity contribution in [1.82, 2.24) is 4.98 Å². The van der Waals surface area contributed by atoms with E-state index in [1.807, 2.05) is 49.4 Å². The lowest BCUT2D eigenvalue weighted by Crippen LogP contribution is -2.32. The summed E-state index contributed by atoms with van der Waals surface area (Å²) in [6.45, 7) is 1.89. The van der Waals surface area contributed by atoms with Gasteiger partial charge in [-0.25, -0.2) is 4.98 Å². The highest BCUT2D eigenvalue weighted by Crippen LogP contribution is 2.38. The SMILES string of the molecule is CCC1(C(=O)O)C=Cc2nc(-c3ccc(-c4ccccc4)cc3)c(N)cc2C1. The number of hydrogen-bond donors (Lipinski definition) is 2. The standard InChI is InChI=1S/C24H22N2O2/c1-2-24(23(27)28)13-12-21-19(15-24)14-20(25)22(26-21)18-10-8-17(9-11-18)16-6-4-3-5-7-16/h3-14H,2,15,25H2,1H3,(H,27,28). The molecule has 4 heteroatoms. The molecule has 0 bridgehead atoms. The molecule has 1 aliphatic carbocycles. The summed E-state index contributed by atoms with van der Waals surface area (Å²) in [6.07, 6.45) is 4.52. The number of benzene rings is 2. The van der Waals surface area contributed by atoms with Gasteiger partial charge in [-0.15, -0.1) is 0 Å². The van der Waals surface area contributed by atoms with E-state index < -0.39 is 11.4 Å². The molecule has 0 saturated heterocycles. The zero-order valence-electron chi connectivity index (χ0n) is 15.7. The number of carbonyl (C=O) groups is 1. The number of pyridine rings is 1. The summed E-state index contributed by atoms with van der Waals surface area (Å²) in [7, 11) is 0. The number of aromatic nitrogens is 1. The van der Waals surface area contributed by atoms with Crippen LogP contribution in [-0.4, -0.2) is 16.1 Å². The molecular formula is C24H22N2O2. The molecule has 0 spiro atoms.